The third kappa shape index (κ3) is 2.39. The highest BCUT2D eigenvalue weighted by molar-refractivity contribution is 7.90. The van der Waals surface area contributed by atoms with E-state index in [0.29, 0.717) is 6.42 Å². The molecule has 0 heterocycles. The van der Waals surface area contributed by atoms with E-state index in [1.807, 2.05) is 0 Å². The second-order valence-corrected chi connectivity index (χ2v) is 8.49. The molecule has 3 rings (SSSR count). The van der Waals surface area contributed by atoms with E-state index in [0.717, 1.165) is 12.8 Å². The highest BCUT2D eigenvalue weighted by Gasteiger charge is 2.69. The third-order valence-electron chi connectivity index (χ3n) is 5.52. The van der Waals surface area contributed by atoms with Crippen LogP contribution in [0.15, 0.2) is 12.2 Å². The first-order valence-corrected chi connectivity index (χ1v) is 8.94. The zero-order chi connectivity index (χ0) is 17.2. The number of hydrogen-bond donors (Lipinski definition) is 1. The summed E-state index contributed by atoms with van der Waals surface area (Å²) in [5, 5.41) is 0. The first-order valence-electron chi connectivity index (χ1n) is 7.45. The van der Waals surface area contributed by atoms with Crippen LogP contribution in [0.5, 0.6) is 0 Å². The summed E-state index contributed by atoms with van der Waals surface area (Å²) >= 11 is 0. The van der Waals surface area contributed by atoms with Gasteiger partial charge in [-0.2, -0.15) is 13.2 Å². The van der Waals surface area contributed by atoms with Crippen LogP contribution in [0.3, 0.4) is 0 Å². The third-order valence-corrected chi connectivity index (χ3v) is 6.74. The molecule has 0 aromatic carbocycles. The largest absolute Gasteiger partial charge is 0.511 e. The van der Waals surface area contributed by atoms with Crippen LogP contribution in [0.4, 0.5) is 13.2 Å². The van der Waals surface area contributed by atoms with Gasteiger partial charge in [-0.1, -0.05) is 6.58 Å². The lowest BCUT2D eigenvalue weighted by atomic mass is 9.82. The van der Waals surface area contributed by atoms with E-state index in [1.54, 1.807) is 4.72 Å². The van der Waals surface area contributed by atoms with Crippen LogP contribution in [0.2, 0.25) is 0 Å². The van der Waals surface area contributed by atoms with E-state index in [-0.39, 0.29) is 29.7 Å². The summed E-state index contributed by atoms with van der Waals surface area (Å²) in [6.45, 7) is 5.03. The standard InChI is InChI=1S/C14H18F3NO4S/c1-7(2)12(19)22-13-6-11(18-23(20,21)14(15,16)17)9-5-8(13)3-4-10(9)13/h8-11,18H,1,3-6H2,2H3. The van der Waals surface area contributed by atoms with Crippen molar-refractivity contribution in [1.82, 2.24) is 4.72 Å². The molecule has 0 saturated heterocycles. The Morgan fingerprint density at radius 1 is 1.35 bits per heavy atom. The minimum Gasteiger partial charge on any atom is -0.455 e. The van der Waals surface area contributed by atoms with Crippen molar-refractivity contribution in [3.63, 3.8) is 0 Å². The number of hydrogen-bond acceptors (Lipinski definition) is 4. The fourth-order valence-electron chi connectivity index (χ4n) is 4.67. The number of esters is 1. The van der Waals surface area contributed by atoms with Crippen LogP contribution in [0, 0.1) is 17.8 Å². The minimum absolute atomic E-state index is 0.0864. The van der Waals surface area contributed by atoms with Crippen LogP contribution < -0.4 is 4.72 Å². The van der Waals surface area contributed by atoms with E-state index >= 15 is 0 Å². The highest BCUT2D eigenvalue weighted by atomic mass is 32.2. The molecule has 23 heavy (non-hydrogen) atoms. The SMILES string of the molecule is C=C(C)C(=O)OC12CC(NS(=O)(=O)C(F)(F)F)C3CC1CCC32. The Labute approximate surface area is 132 Å². The molecule has 0 radical (unpaired) electrons. The molecule has 130 valence electrons. The van der Waals surface area contributed by atoms with Gasteiger partial charge in [-0.3, -0.25) is 0 Å². The fourth-order valence-corrected chi connectivity index (χ4v) is 5.46. The van der Waals surface area contributed by atoms with Crippen molar-refractivity contribution in [3.8, 4) is 0 Å². The zero-order valence-corrected chi connectivity index (χ0v) is 13.3. The molecule has 3 saturated carbocycles. The molecule has 4 bridgehead atoms. The molecule has 3 aliphatic carbocycles. The summed E-state index contributed by atoms with van der Waals surface area (Å²) in [5.74, 6) is -0.783. The number of nitrogens with one attached hydrogen (secondary N) is 1. The van der Waals surface area contributed by atoms with Gasteiger partial charge in [0, 0.05) is 24.0 Å². The van der Waals surface area contributed by atoms with Gasteiger partial charge in [0.05, 0.1) is 0 Å². The van der Waals surface area contributed by atoms with Crippen molar-refractivity contribution in [2.75, 3.05) is 0 Å². The Bertz CT molecular complexity index is 659. The summed E-state index contributed by atoms with van der Waals surface area (Å²) in [5.41, 5.74) is -5.96. The molecule has 9 heteroatoms. The summed E-state index contributed by atoms with van der Waals surface area (Å²) in [6.07, 6.45) is 2.27. The first-order chi connectivity index (χ1) is 10.5. The van der Waals surface area contributed by atoms with Gasteiger partial charge in [0.25, 0.3) is 0 Å². The molecule has 3 aliphatic rings. The van der Waals surface area contributed by atoms with Crippen LogP contribution >= 0.6 is 0 Å². The number of carbonyl (C=O) groups excluding carboxylic acids is 1. The second-order valence-electron chi connectivity index (χ2n) is 6.78. The van der Waals surface area contributed by atoms with Gasteiger partial charge in [-0.05, 0) is 38.0 Å². The maximum Gasteiger partial charge on any atom is 0.511 e. The Balaban J connectivity index is 1.82. The van der Waals surface area contributed by atoms with Gasteiger partial charge in [0.1, 0.15) is 5.60 Å². The summed E-state index contributed by atoms with van der Waals surface area (Å²) in [6, 6.07) is -0.846. The first kappa shape index (κ1) is 16.8. The van der Waals surface area contributed by atoms with Crippen molar-refractivity contribution in [2.24, 2.45) is 17.8 Å². The lowest BCUT2D eigenvalue weighted by Crippen LogP contribution is -2.48. The lowest BCUT2D eigenvalue weighted by molar-refractivity contribution is -0.159. The summed E-state index contributed by atoms with van der Waals surface area (Å²) in [7, 11) is -5.40. The molecular formula is C14H18F3NO4S. The number of ether oxygens (including phenoxy) is 1. The van der Waals surface area contributed by atoms with Gasteiger partial charge in [-0.25, -0.2) is 17.9 Å². The van der Waals surface area contributed by atoms with E-state index in [4.69, 9.17) is 4.74 Å². The molecule has 0 aliphatic heterocycles. The smallest absolute Gasteiger partial charge is 0.455 e. The van der Waals surface area contributed by atoms with Crippen LogP contribution in [-0.2, 0) is 19.6 Å². The van der Waals surface area contributed by atoms with Crippen molar-refractivity contribution in [1.29, 1.82) is 0 Å². The molecule has 0 amide bonds. The van der Waals surface area contributed by atoms with E-state index in [2.05, 4.69) is 6.58 Å². The van der Waals surface area contributed by atoms with Crippen LogP contribution in [-0.4, -0.2) is 31.5 Å². The molecule has 5 atom stereocenters. The summed E-state index contributed by atoms with van der Waals surface area (Å²) in [4.78, 5) is 11.9. The molecular weight excluding hydrogens is 335 g/mol. The average molecular weight is 353 g/mol. The number of halogens is 3. The monoisotopic (exact) mass is 353 g/mol. The Kier molecular flexibility index (Phi) is 3.61. The molecule has 0 spiro atoms. The maximum absolute atomic E-state index is 12.6. The molecule has 0 aromatic rings. The predicted molar refractivity (Wildman–Crippen MR) is 74.5 cm³/mol. The molecule has 0 aromatic heterocycles. The van der Waals surface area contributed by atoms with Gasteiger partial charge in [0.2, 0.25) is 0 Å². The van der Waals surface area contributed by atoms with Crippen molar-refractivity contribution >= 4 is 16.0 Å². The lowest BCUT2D eigenvalue weighted by Gasteiger charge is -2.35. The Hall–Kier alpha value is -1.09. The van der Waals surface area contributed by atoms with Gasteiger partial charge >= 0.3 is 21.5 Å². The van der Waals surface area contributed by atoms with Crippen LogP contribution in [0.1, 0.15) is 32.6 Å². The predicted octanol–water partition coefficient (Wildman–Crippen LogP) is 2.10. The quantitative estimate of drug-likeness (QED) is 0.621. The van der Waals surface area contributed by atoms with Crippen LogP contribution in [0.25, 0.3) is 0 Å². The number of carbonyl (C=O) groups is 1. The molecule has 3 fully saturated rings. The Morgan fingerprint density at radius 3 is 2.57 bits per heavy atom. The molecule has 1 N–H and O–H groups in total. The Morgan fingerprint density at radius 2 is 2.00 bits per heavy atom. The van der Waals surface area contributed by atoms with Gasteiger partial charge in [0.15, 0.2) is 0 Å². The number of alkyl halides is 3. The van der Waals surface area contributed by atoms with E-state index < -0.39 is 33.1 Å². The number of rotatable bonds is 4. The summed E-state index contributed by atoms with van der Waals surface area (Å²) < 4.78 is 67.9. The minimum atomic E-state index is -5.40. The van der Waals surface area contributed by atoms with Gasteiger partial charge in [-0.15, -0.1) is 0 Å². The van der Waals surface area contributed by atoms with Crippen molar-refractivity contribution in [2.45, 2.75) is 49.8 Å². The van der Waals surface area contributed by atoms with Gasteiger partial charge < -0.3 is 4.74 Å². The highest BCUT2D eigenvalue weighted by Crippen LogP contribution is 2.65. The molecule has 5 unspecified atom stereocenters. The number of sulfonamides is 1. The normalized spacial score (nSPS) is 38.8. The van der Waals surface area contributed by atoms with Crippen molar-refractivity contribution < 1.29 is 31.1 Å². The second kappa shape index (κ2) is 4.95. The van der Waals surface area contributed by atoms with Crippen molar-refractivity contribution in [3.05, 3.63) is 12.2 Å². The average Bonchev–Trinajstić information content (AvgIpc) is 2.98. The van der Waals surface area contributed by atoms with E-state index in [1.165, 1.54) is 6.92 Å². The maximum atomic E-state index is 12.6. The van der Waals surface area contributed by atoms with E-state index in [9.17, 15) is 26.4 Å². The zero-order valence-electron chi connectivity index (χ0n) is 12.5. The fraction of sp³-hybridized carbons (Fsp3) is 0.786. The molecule has 5 nitrogen and oxygen atoms in total. The topological polar surface area (TPSA) is 72.5 Å².